The third-order valence-electron chi connectivity index (χ3n) is 5.23. The van der Waals surface area contributed by atoms with Crippen molar-refractivity contribution in [3.63, 3.8) is 0 Å². The molecule has 0 saturated heterocycles. The van der Waals surface area contributed by atoms with Crippen LogP contribution < -0.4 is 15.3 Å². The van der Waals surface area contributed by atoms with E-state index in [2.05, 4.69) is 14.8 Å². The molecule has 3 aromatic rings. The molecule has 0 atom stereocenters. The second-order valence-electron chi connectivity index (χ2n) is 8.04. The first kappa shape index (κ1) is 28.4. The fourth-order valence-electron chi connectivity index (χ4n) is 3.55. The number of nitrogens with one attached hydrogen (secondary N) is 1. The number of hydrogen-bond acceptors (Lipinski definition) is 10. The molecule has 0 saturated carbocycles. The minimum absolute atomic E-state index is 0.0528. The molecule has 0 aromatic heterocycles. The molecule has 0 unspecified atom stereocenters. The van der Waals surface area contributed by atoms with Gasteiger partial charge >= 0.3 is 5.97 Å². The summed E-state index contributed by atoms with van der Waals surface area (Å²) in [6.07, 6.45) is 0.882. The predicted octanol–water partition coefficient (Wildman–Crippen LogP) is 1.94. The Hall–Kier alpha value is -4.14. The Labute approximate surface area is 219 Å². The van der Waals surface area contributed by atoms with Crippen LogP contribution in [0.25, 0.3) is 11.1 Å². The van der Waals surface area contributed by atoms with Crippen molar-refractivity contribution in [2.24, 2.45) is 10.9 Å². The number of carbonyl (C=O) groups excluding carboxylic acids is 1. The molecule has 5 N–H and O–H groups in total. The van der Waals surface area contributed by atoms with E-state index in [1.54, 1.807) is 36.4 Å². The van der Waals surface area contributed by atoms with Crippen molar-refractivity contribution in [2.75, 3.05) is 12.8 Å². The van der Waals surface area contributed by atoms with E-state index in [0.717, 1.165) is 25.3 Å². The highest BCUT2D eigenvalue weighted by Gasteiger charge is 2.26. The zero-order chi connectivity index (χ0) is 28.1. The van der Waals surface area contributed by atoms with Gasteiger partial charge in [-0.25, -0.2) is 26.4 Å². The van der Waals surface area contributed by atoms with E-state index in [9.17, 15) is 26.7 Å². The van der Waals surface area contributed by atoms with E-state index in [-0.39, 0.29) is 40.6 Å². The SMILES string of the molecule is CC(=O)OOc1c(CCNS(=O)(=O)c2cc(/C(N)=N/O)ccc2O)ccc(-c2ccccc2)c1S(C)(=O)=O. The molecule has 0 aliphatic rings. The molecule has 14 heteroatoms. The molecule has 0 spiro atoms. The summed E-state index contributed by atoms with van der Waals surface area (Å²) in [6, 6.07) is 15.0. The molecule has 0 bridgehead atoms. The molecule has 0 aliphatic heterocycles. The molecule has 12 nitrogen and oxygen atoms in total. The topological polar surface area (TPSA) is 195 Å². The Morgan fingerprint density at radius 3 is 2.34 bits per heavy atom. The normalized spacial score (nSPS) is 12.2. The van der Waals surface area contributed by atoms with Crippen LogP contribution in [0.3, 0.4) is 0 Å². The van der Waals surface area contributed by atoms with Gasteiger partial charge in [0.15, 0.2) is 15.7 Å². The number of nitrogens with two attached hydrogens (primary N) is 1. The number of oxime groups is 1. The number of sulfone groups is 1. The molecular formula is C24H25N3O9S2. The molecule has 0 amide bonds. The first-order valence-corrected chi connectivity index (χ1v) is 14.3. The Bertz CT molecular complexity index is 1590. The van der Waals surface area contributed by atoms with Crippen molar-refractivity contribution in [3.8, 4) is 22.6 Å². The van der Waals surface area contributed by atoms with Crippen molar-refractivity contribution in [1.82, 2.24) is 4.72 Å². The van der Waals surface area contributed by atoms with Gasteiger partial charge in [-0.15, -0.1) is 0 Å². The van der Waals surface area contributed by atoms with Crippen LogP contribution >= 0.6 is 0 Å². The molecular weight excluding hydrogens is 538 g/mol. The number of hydrogen-bond donors (Lipinski definition) is 4. The van der Waals surface area contributed by atoms with Gasteiger partial charge in [0, 0.05) is 36.4 Å². The van der Waals surface area contributed by atoms with Crippen LogP contribution in [-0.2, 0) is 36.0 Å². The molecule has 202 valence electrons. The average molecular weight is 564 g/mol. The fourth-order valence-corrected chi connectivity index (χ4v) is 5.79. The molecule has 0 aliphatic carbocycles. The number of sulfonamides is 1. The predicted molar refractivity (Wildman–Crippen MR) is 137 cm³/mol. The average Bonchev–Trinajstić information content (AvgIpc) is 2.87. The second-order valence-corrected chi connectivity index (χ2v) is 11.7. The Kier molecular flexibility index (Phi) is 8.60. The Balaban J connectivity index is 1.99. The fraction of sp³-hybridized carbons (Fsp3) is 0.167. The zero-order valence-corrected chi connectivity index (χ0v) is 21.9. The van der Waals surface area contributed by atoms with E-state index in [1.165, 1.54) is 12.1 Å². The van der Waals surface area contributed by atoms with Crippen LogP contribution in [0.5, 0.6) is 11.5 Å². The van der Waals surface area contributed by atoms with Crippen LogP contribution in [0.4, 0.5) is 0 Å². The van der Waals surface area contributed by atoms with Crippen molar-refractivity contribution in [2.45, 2.75) is 23.1 Å². The van der Waals surface area contributed by atoms with Gasteiger partial charge in [0.2, 0.25) is 15.8 Å². The summed E-state index contributed by atoms with van der Waals surface area (Å²) in [5, 5.41) is 21.7. The first-order valence-electron chi connectivity index (χ1n) is 10.9. The Morgan fingerprint density at radius 2 is 1.74 bits per heavy atom. The van der Waals surface area contributed by atoms with Crippen LogP contribution in [0.1, 0.15) is 18.1 Å². The molecule has 3 aromatic carbocycles. The van der Waals surface area contributed by atoms with E-state index in [4.69, 9.17) is 15.8 Å². The summed E-state index contributed by atoms with van der Waals surface area (Å²) in [5.41, 5.74) is 6.64. The largest absolute Gasteiger partial charge is 0.507 e. The monoisotopic (exact) mass is 563 g/mol. The van der Waals surface area contributed by atoms with E-state index in [1.807, 2.05) is 0 Å². The maximum Gasteiger partial charge on any atom is 0.352 e. The van der Waals surface area contributed by atoms with Gasteiger partial charge in [-0.05, 0) is 30.2 Å². The van der Waals surface area contributed by atoms with Crippen LogP contribution in [0.15, 0.2) is 75.6 Å². The lowest BCUT2D eigenvalue weighted by atomic mass is 10.0. The number of amidine groups is 1. The zero-order valence-electron chi connectivity index (χ0n) is 20.3. The summed E-state index contributed by atoms with van der Waals surface area (Å²) in [5.74, 6) is -2.03. The highest BCUT2D eigenvalue weighted by Crippen LogP contribution is 2.38. The maximum atomic E-state index is 12.9. The van der Waals surface area contributed by atoms with Gasteiger partial charge in [-0.1, -0.05) is 47.6 Å². The van der Waals surface area contributed by atoms with E-state index in [0.29, 0.717) is 11.1 Å². The van der Waals surface area contributed by atoms with Crippen LogP contribution in [0, 0.1) is 0 Å². The third-order valence-corrected chi connectivity index (χ3v) is 7.87. The number of rotatable bonds is 10. The maximum absolute atomic E-state index is 12.9. The molecule has 38 heavy (non-hydrogen) atoms. The van der Waals surface area contributed by atoms with Gasteiger partial charge in [-0.3, -0.25) is 9.78 Å². The van der Waals surface area contributed by atoms with Crippen LogP contribution in [0.2, 0.25) is 0 Å². The van der Waals surface area contributed by atoms with Crippen molar-refractivity contribution >= 4 is 31.7 Å². The van der Waals surface area contributed by atoms with Crippen LogP contribution in [-0.4, -0.2) is 51.8 Å². The number of benzene rings is 3. The highest BCUT2D eigenvalue weighted by molar-refractivity contribution is 7.91. The molecule has 0 fully saturated rings. The summed E-state index contributed by atoms with van der Waals surface area (Å²) < 4.78 is 53.7. The minimum atomic E-state index is -4.29. The minimum Gasteiger partial charge on any atom is -0.507 e. The second kappa shape index (κ2) is 11.5. The van der Waals surface area contributed by atoms with Gasteiger partial charge in [0.1, 0.15) is 15.5 Å². The summed E-state index contributed by atoms with van der Waals surface area (Å²) >= 11 is 0. The molecule has 0 heterocycles. The lowest BCUT2D eigenvalue weighted by Crippen LogP contribution is -2.27. The van der Waals surface area contributed by atoms with Gasteiger partial charge in [0.25, 0.3) is 0 Å². The third kappa shape index (κ3) is 6.59. The molecule has 0 radical (unpaired) electrons. The van der Waals surface area contributed by atoms with Gasteiger partial charge in [0.05, 0.1) is 0 Å². The number of carbonyl (C=O) groups is 1. The van der Waals surface area contributed by atoms with Crippen molar-refractivity contribution < 1.29 is 41.7 Å². The lowest BCUT2D eigenvalue weighted by molar-refractivity contribution is -0.212. The first-order chi connectivity index (χ1) is 17.8. The van der Waals surface area contributed by atoms with E-state index >= 15 is 0 Å². The van der Waals surface area contributed by atoms with E-state index < -0.39 is 36.5 Å². The number of phenols is 1. The summed E-state index contributed by atoms with van der Waals surface area (Å²) in [7, 11) is -8.22. The van der Waals surface area contributed by atoms with Gasteiger partial charge in [-0.2, -0.15) is 0 Å². The number of phenolic OH excluding ortho intramolecular Hbond substituents is 1. The highest BCUT2D eigenvalue weighted by atomic mass is 32.2. The van der Waals surface area contributed by atoms with Gasteiger partial charge < -0.3 is 16.0 Å². The Morgan fingerprint density at radius 1 is 1.05 bits per heavy atom. The smallest absolute Gasteiger partial charge is 0.352 e. The molecule has 3 rings (SSSR count). The standard InChI is InChI=1S/C24H25N3O9S2/c1-15(28)35-36-22-17(8-10-19(23(22)37(2,31)32)16-6-4-3-5-7-16)12-13-26-38(33,34)21-14-18(24(25)27-30)9-11-20(21)29/h3-11,14,26,29-30H,12-13H2,1-2H3,(H2,25,27). The lowest BCUT2D eigenvalue weighted by Gasteiger charge is -2.17. The quantitative estimate of drug-likeness (QED) is 0.0930. The summed E-state index contributed by atoms with van der Waals surface area (Å²) in [4.78, 5) is 20.5. The van der Waals surface area contributed by atoms with Crippen molar-refractivity contribution in [1.29, 1.82) is 0 Å². The number of aromatic hydroxyl groups is 1. The summed E-state index contributed by atoms with van der Waals surface area (Å²) in [6.45, 7) is 0.809. The number of nitrogens with zero attached hydrogens (tertiary/aromatic N) is 1. The van der Waals surface area contributed by atoms with Crippen molar-refractivity contribution in [3.05, 3.63) is 71.8 Å².